The second kappa shape index (κ2) is 10.9. The third kappa shape index (κ3) is 6.95. The highest BCUT2D eigenvalue weighted by molar-refractivity contribution is 5.98. The molecule has 0 bridgehead atoms. The number of hydrogen-bond acceptors (Lipinski definition) is 4. The maximum absolute atomic E-state index is 12.7. The van der Waals surface area contributed by atoms with Gasteiger partial charge in [0.05, 0.1) is 6.54 Å². The highest BCUT2D eigenvalue weighted by Gasteiger charge is 2.25. The summed E-state index contributed by atoms with van der Waals surface area (Å²) in [5.74, 6) is -1.72. The summed E-state index contributed by atoms with van der Waals surface area (Å²) in [5, 5.41) is 8.05. The highest BCUT2D eigenvalue weighted by Crippen LogP contribution is 2.10. The number of aryl methyl sites for hydroxylation is 1. The molecule has 1 unspecified atom stereocenters. The molecule has 4 amide bonds. The summed E-state index contributed by atoms with van der Waals surface area (Å²) in [4.78, 5) is 47.9. The largest absolute Gasteiger partial charge is 0.368 e. The van der Waals surface area contributed by atoms with Crippen LogP contribution in [0.15, 0.2) is 48.5 Å². The van der Waals surface area contributed by atoms with Crippen LogP contribution in [0.1, 0.15) is 45.7 Å². The minimum absolute atomic E-state index is 0.107. The Balaban J connectivity index is 1.96. The summed E-state index contributed by atoms with van der Waals surface area (Å²) in [6, 6.07) is 13.1. The summed E-state index contributed by atoms with van der Waals surface area (Å²) >= 11 is 0. The fraction of sp³-hybridized carbons (Fsp3) is 0.304. The third-order valence-electron chi connectivity index (χ3n) is 4.73. The predicted octanol–water partition coefficient (Wildman–Crippen LogP) is 1.28. The van der Waals surface area contributed by atoms with Crippen molar-refractivity contribution in [2.24, 2.45) is 11.7 Å². The van der Waals surface area contributed by atoms with Crippen molar-refractivity contribution >= 4 is 23.6 Å². The van der Waals surface area contributed by atoms with E-state index in [1.807, 2.05) is 32.9 Å². The molecule has 0 aliphatic carbocycles. The van der Waals surface area contributed by atoms with Gasteiger partial charge in [0.2, 0.25) is 11.8 Å². The zero-order chi connectivity index (χ0) is 23.0. The van der Waals surface area contributed by atoms with Gasteiger partial charge < -0.3 is 21.7 Å². The quantitative estimate of drug-likeness (QED) is 0.483. The molecular formula is C23H28N4O4. The van der Waals surface area contributed by atoms with Crippen LogP contribution in [0, 0.1) is 12.8 Å². The SMILES string of the molecule is Cc1ccccc1C(=O)NC(C(=O)NCc1ccc(C(=O)NCC(N)=O)cc1)C(C)C. The lowest BCUT2D eigenvalue weighted by atomic mass is 10.0. The minimum atomic E-state index is -0.689. The molecule has 0 fully saturated rings. The number of nitrogens with two attached hydrogens (primary N) is 1. The van der Waals surface area contributed by atoms with E-state index in [0.29, 0.717) is 11.1 Å². The monoisotopic (exact) mass is 424 g/mol. The van der Waals surface area contributed by atoms with E-state index in [0.717, 1.165) is 11.1 Å². The molecule has 5 N–H and O–H groups in total. The van der Waals surface area contributed by atoms with E-state index in [1.54, 1.807) is 36.4 Å². The number of benzene rings is 2. The van der Waals surface area contributed by atoms with Crippen LogP contribution in [0.4, 0.5) is 0 Å². The number of carbonyl (C=O) groups excluding carboxylic acids is 4. The van der Waals surface area contributed by atoms with Crippen LogP contribution >= 0.6 is 0 Å². The lowest BCUT2D eigenvalue weighted by molar-refractivity contribution is -0.124. The molecule has 0 saturated carbocycles. The van der Waals surface area contributed by atoms with Crippen LogP contribution in [-0.4, -0.2) is 36.2 Å². The Kier molecular flexibility index (Phi) is 8.31. The molecule has 8 nitrogen and oxygen atoms in total. The fourth-order valence-corrected chi connectivity index (χ4v) is 2.92. The second-order valence-corrected chi connectivity index (χ2v) is 7.57. The van der Waals surface area contributed by atoms with Gasteiger partial charge in [-0.1, -0.05) is 44.2 Å². The van der Waals surface area contributed by atoms with Gasteiger partial charge in [0.1, 0.15) is 6.04 Å². The van der Waals surface area contributed by atoms with E-state index in [-0.39, 0.29) is 30.8 Å². The topological polar surface area (TPSA) is 130 Å². The van der Waals surface area contributed by atoms with E-state index < -0.39 is 17.9 Å². The molecule has 8 heteroatoms. The van der Waals surface area contributed by atoms with Crippen molar-refractivity contribution in [3.8, 4) is 0 Å². The molecule has 0 saturated heterocycles. The number of rotatable bonds is 9. The average molecular weight is 425 g/mol. The molecule has 0 aliphatic heterocycles. The Hall–Kier alpha value is -3.68. The first-order valence-electron chi connectivity index (χ1n) is 9.98. The van der Waals surface area contributed by atoms with Crippen LogP contribution < -0.4 is 21.7 Å². The summed E-state index contributed by atoms with van der Waals surface area (Å²) in [6.07, 6.45) is 0. The number of nitrogens with one attached hydrogen (secondary N) is 3. The summed E-state index contributed by atoms with van der Waals surface area (Å²) in [5.41, 5.74) is 7.54. The third-order valence-corrected chi connectivity index (χ3v) is 4.73. The fourth-order valence-electron chi connectivity index (χ4n) is 2.92. The molecule has 31 heavy (non-hydrogen) atoms. The summed E-state index contributed by atoms with van der Waals surface area (Å²) in [6.45, 7) is 5.58. The van der Waals surface area contributed by atoms with Gasteiger partial charge in [-0.25, -0.2) is 0 Å². The Bertz CT molecular complexity index is 954. The van der Waals surface area contributed by atoms with Crippen molar-refractivity contribution < 1.29 is 19.2 Å². The van der Waals surface area contributed by atoms with E-state index >= 15 is 0 Å². The summed E-state index contributed by atoms with van der Waals surface area (Å²) < 4.78 is 0. The number of amides is 4. The van der Waals surface area contributed by atoms with Gasteiger partial charge >= 0.3 is 0 Å². The van der Waals surface area contributed by atoms with Gasteiger partial charge in [-0.15, -0.1) is 0 Å². The number of carbonyl (C=O) groups is 4. The molecule has 2 aromatic rings. The highest BCUT2D eigenvalue weighted by atomic mass is 16.2. The molecular weight excluding hydrogens is 396 g/mol. The zero-order valence-electron chi connectivity index (χ0n) is 17.9. The molecule has 0 heterocycles. The van der Waals surface area contributed by atoms with Crippen molar-refractivity contribution in [3.63, 3.8) is 0 Å². The molecule has 2 rings (SSSR count). The standard InChI is InChI=1S/C23H28N4O4/c1-14(2)20(27-22(30)18-7-5-4-6-15(18)3)23(31)25-12-16-8-10-17(11-9-16)21(29)26-13-19(24)28/h4-11,14,20H,12-13H2,1-3H3,(H2,24,28)(H,25,31)(H,26,29)(H,27,30). The van der Waals surface area contributed by atoms with Gasteiger partial charge in [0.15, 0.2) is 0 Å². The lowest BCUT2D eigenvalue weighted by Crippen LogP contribution is -2.49. The maximum Gasteiger partial charge on any atom is 0.252 e. The predicted molar refractivity (Wildman–Crippen MR) is 117 cm³/mol. The Morgan fingerprint density at radius 3 is 2.13 bits per heavy atom. The minimum Gasteiger partial charge on any atom is -0.368 e. The number of primary amides is 1. The maximum atomic E-state index is 12.7. The van der Waals surface area contributed by atoms with Crippen molar-refractivity contribution in [1.82, 2.24) is 16.0 Å². The number of hydrogen-bond donors (Lipinski definition) is 4. The van der Waals surface area contributed by atoms with E-state index in [9.17, 15) is 19.2 Å². The second-order valence-electron chi connectivity index (χ2n) is 7.57. The first-order valence-corrected chi connectivity index (χ1v) is 9.98. The van der Waals surface area contributed by atoms with Crippen LogP contribution in [0.25, 0.3) is 0 Å². The molecule has 0 aliphatic rings. The van der Waals surface area contributed by atoms with Gasteiger partial charge in [-0.3, -0.25) is 19.2 Å². The van der Waals surface area contributed by atoms with Gasteiger partial charge in [0, 0.05) is 17.7 Å². The molecule has 1 atom stereocenters. The molecule has 164 valence electrons. The molecule has 0 spiro atoms. The molecule has 0 radical (unpaired) electrons. The Labute approximate surface area is 181 Å². The van der Waals surface area contributed by atoms with Crippen molar-refractivity contribution in [3.05, 3.63) is 70.8 Å². The van der Waals surface area contributed by atoms with Gasteiger partial charge in [-0.05, 0) is 42.2 Å². The smallest absolute Gasteiger partial charge is 0.252 e. The molecule has 2 aromatic carbocycles. The molecule has 0 aromatic heterocycles. The first-order chi connectivity index (χ1) is 14.7. The van der Waals surface area contributed by atoms with Crippen LogP contribution in [0.5, 0.6) is 0 Å². The van der Waals surface area contributed by atoms with Crippen LogP contribution in [0.3, 0.4) is 0 Å². The Morgan fingerprint density at radius 1 is 0.903 bits per heavy atom. The van der Waals surface area contributed by atoms with Crippen LogP contribution in [0.2, 0.25) is 0 Å². The van der Waals surface area contributed by atoms with Crippen molar-refractivity contribution in [1.29, 1.82) is 0 Å². The average Bonchev–Trinajstić information content (AvgIpc) is 2.74. The normalized spacial score (nSPS) is 11.5. The lowest BCUT2D eigenvalue weighted by Gasteiger charge is -2.22. The van der Waals surface area contributed by atoms with Gasteiger partial charge in [-0.2, -0.15) is 0 Å². The van der Waals surface area contributed by atoms with Crippen molar-refractivity contribution in [2.45, 2.75) is 33.4 Å². The van der Waals surface area contributed by atoms with Crippen molar-refractivity contribution in [2.75, 3.05) is 6.54 Å². The zero-order valence-corrected chi connectivity index (χ0v) is 17.9. The van der Waals surface area contributed by atoms with E-state index in [1.165, 1.54) is 0 Å². The van der Waals surface area contributed by atoms with Crippen LogP contribution in [-0.2, 0) is 16.1 Å². The van der Waals surface area contributed by atoms with Gasteiger partial charge in [0.25, 0.3) is 11.8 Å². The van der Waals surface area contributed by atoms with E-state index in [2.05, 4.69) is 16.0 Å². The van der Waals surface area contributed by atoms with E-state index in [4.69, 9.17) is 5.73 Å². The summed E-state index contributed by atoms with van der Waals surface area (Å²) in [7, 11) is 0. The Morgan fingerprint density at radius 2 is 1.55 bits per heavy atom. The first kappa shape index (κ1) is 23.6.